The fraction of sp³-hybridized carbons (Fsp3) is 0.400. The summed E-state index contributed by atoms with van der Waals surface area (Å²) in [4.78, 5) is 0. The number of nitrogens with two attached hydrogens (primary N) is 1. The molecule has 0 saturated carbocycles. The molecule has 0 aliphatic heterocycles. The maximum atomic E-state index is 8.36. The molecule has 0 aliphatic carbocycles. The maximum Gasteiger partial charge on any atom is 0.208 e. The van der Waals surface area contributed by atoms with Crippen LogP contribution in [0.3, 0.4) is 0 Å². The number of hydrazone groups is 1. The molecule has 0 radical (unpaired) electrons. The quantitative estimate of drug-likeness (QED) is 0.179. The molecule has 0 aromatic rings. The van der Waals surface area contributed by atoms with Gasteiger partial charge in [-0.05, 0) is 0 Å². The van der Waals surface area contributed by atoms with Crippen LogP contribution in [0.5, 0.6) is 0 Å². The van der Waals surface area contributed by atoms with Gasteiger partial charge in [0.25, 0.3) is 0 Å². The predicted octanol–water partition coefficient (Wildman–Crippen LogP) is -0.199. The number of nitrogens with zero attached hydrogens (tertiary/aromatic N) is 1. The highest BCUT2D eigenvalue weighted by Crippen LogP contribution is 1.91. The first-order valence-corrected chi connectivity index (χ1v) is 2.41. The van der Waals surface area contributed by atoms with Crippen LogP contribution in [-0.4, -0.2) is 17.6 Å². The standard InChI is InChI=1S/C5H10N2O2/c1-4(3-8)9-5(2)7-6/h8H,1,3,6H2,2H3/b7-5-. The second-order valence-electron chi connectivity index (χ2n) is 1.45. The van der Waals surface area contributed by atoms with E-state index in [0.717, 1.165) is 0 Å². The van der Waals surface area contributed by atoms with E-state index in [1.54, 1.807) is 6.92 Å². The zero-order chi connectivity index (χ0) is 7.28. The van der Waals surface area contributed by atoms with Crippen molar-refractivity contribution in [2.75, 3.05) is 6.61 Å². The molecule has 0 heterocycles. The van der Waals surface area contributed by atoms with E-state index in [-0.39, 0.29) is 18.3 Å². The van der Waals surface area contributed by atoms with E-state index in [0.29, 0.717) is 0 Å². The summed E-state index contributed by atoms with van der Waals surface area (Å²) < 4.78 is 4.73. The number of aliphatic hydroxyl groups is 1. The molecule has 9 heavy (non-hydrogen) atoms. The Bertz CT molecular complexity index is 131. The van der Waals surface area contributed by atoms with Crippen molar-refractivity contribution in [2.24, 2.45) is 10.9 Å². The first kappa shape index (κ1) is 7.97. The Morgan fingerprint density at radius 2 is 2.44 bits per heavy atom. The smallest absolute Gasteiger partial charge is 0.208 e. The van der Waals surface area contributed by atoms with Crippen LogP contribution in [0.15, 0.2) is 17.4 Å². The summed E-state index contributed by atoms with van der Waals surface area (Å²) in [5.41, 5.74) is 0. The van der Waals surface area contributed by atoms with Gasteiger partial charge in [-0.2, -0.15) is 0 Å². The minimum absolute atomic E-state index is 0.215. The summed E-state index contributed by atoms with van der Waals surface area (Å²) >= 11 is 0. The van der Waals surface area contributed by atoms with E-state index >= 15 is 0 Å². The Morgan fingerprint density at radius 1 is 1.89 bits per heavy atom. The Kier molecular flexibility index (Phi) is 3.46. The lowest BCUT2D eigenvalue weighted by atomic mass is 10.6. The van der Waals surface area contributed by atoms with Gasteiger partial charge < -0.3 is 15.7 Å². The number of hydrogen-bond donors (Lipinski definition) is 2. The molecule has 0 rings (SSSR count). The van der Waals surface area contributed by atoms with Gasteiger partial charge in [0.2, 0.25) is 5.90 Å². The third kappa shape index (κ3) is 3.54. The molecule has 0 atom stereocenters. The second-order valence-corrected chi connectivity index (χ2v) is 1.45. The van der Waals surface area contributed by atoms with Crippen LogP contribution >= 0.6 is 0 Å². The summed E-state index contributed by atoms with van der Waals surface area (Å²) in [7, 11) is 0. The summed E-state index contributed by atoms with van der Waals surface area (Å²) in [5, 5.41) is 11.6. The van der Waals surface area contributed by atoms with Crippen LogP contribution in [0, 0.1) is 0 Å². The Balaban J connectivity index is 3.60. The predicted molar refractivity (Wildman–Crippen MR) is 34.6 cm³/mol. The molecule has 4 nitrogen and oxygen atoms in total. The number of rotatable bonds is 2. The molecule has 0 bridgehead atoms. The topological polar surface area (TPSA) is 67.8 Å². The first-order valence-electron chi connectivity index (χ1n) is 2.41. The van der Waals surface area contributed by atoms with Crippen molar-refractivity contribution in [2.45, 2.75) is 6.92 Å². The number of aliphatic hydroxyl groups excluding tert-OH is 1. The van der Waals surface area contributed by atoms with Gasteiger partial charge in [0.05, 0.1) is 0 Å². The van der Waals surface area contributed by atoms with E-state index in [1.165, 1.54) is 0 Å². The van der Waals surface area contributed by atoms with Crippen molar-refractivity contribution in [3.05, 3.63) is 12.3 Å². The van der Waals surface area contributed by atoms with Crippen LogP contribution < -0.4 is 5.84 Å². The molecule has 0 spiro atoms. The SMILES string of the molecule is C=C(CO)O/C(C)=N\N. The molecule has 0 unspecified atom stereocenters. The van der Waals surface area contributed by atoms with Crippen molar-refractivity contribution < 1.29 is 9.84 Å². The van der Waals surface area contributed by atoms with Crippen LogP contribution in [0.1, 0.15) is 6.92 Å². The largest absolute Gasteiger partial charge is 0.444 e. The van der Waals surface area contributed by atoms with Gasteiger partial charge in [0, 0.05) is 6.92 Å². The fourth-order valence-electron chi connectivity index (χ4n) is 0.268. The highest BCUT2D eigenvalue weighted by atomic mass is 16.5. The summed E-state index contributed by atoms with van der Waals surface area (Å²) in [6.07, 6.45) is 0. The third-order valence-electron chi connectivity index (χ3n) is 0.650. The minimum Gasteiger partial charge on any atom is -0.444 e. The second kappa shape index (κ2) is 3.91. The Hall–Kier alpha value is -1.03. The van der Waals surface area contributed by atoms with E-state index in [9.17, 15) is 0 Å². The van der Waals surface area contributed by atoms with Gasteiger partial charge in [0.15, 0.2) is 0 Å². The number of hydrogen-bond acceptors (Lipinski definition) is 4. The summed E-state index contributed by atoms with van der Waals surface area (Å²) in [6.45, 7) is 4.71. The minimum atomic E-state index is -0.215. The average Bonchev–Trinajstić information content (AvgIpc) is 1.87. The van der Waals surface area contributed by atoms with Crippen LogP contribution in [0.25, 0.3) is 0 Å². The molecule has 0 aromatic carbocycles. The highest BCUT2D eigenvalue weighted by molar-refractivity contribution is 5.73. The molecular weight excluding hydrogens is 120 g/mol. The molecule has 0 fully saturated rings. The van der Waals surface area contributed by atoms with Crippen LogP contribution in [0.4, 0.5) is 0 Å². The summed E-state index contributed by atoms with van der Waals surface area (Å²) in [6, 6.07) is 0. The van der Waals surface area contributed by atoms with Gasteiger partial charge in [-0.25, -0.2) is 0 Å². The fourth-order valence-corrected chi connectivity index (χ4v) is 0.268. The van der Waals surface area contributed by atoms with Crippen LogP contribution in [0.2, 0.25) is 0 Å². The third-order valence-corrected chi connectivity index (χ3v) is 0.650. The lowest BCUT2D eigenvalue weighted by molar-refractivity contribution is 0.258. The van der Waals surface area contributed by atoms with Crippen molar-refractivity contribution in [1.82, 2.24) is 0 Å². The van der Waals surface area contributed by atoms with Crippen molar-refractivity contribution in [1.29, 1.82) is 0 Å². The highest BCUT2D eigenvalue weighted by Gasteiger charge is 1.92. The van der Waals surface area contributed by atoms with Crippen molar-refractivity contribution in [3.8, 4) is 0 Å². The molecule has 4 heteroatoms. The Labute approximate surface area is 53.6 Å². The normalized spacial score (nSPS) is 11.1. The van der Waals surface area contributed by atoms with Gasteiger partial charge in [-0.15, -0.1) is 5.10 Å². The molecule has 0 amide bonds. The van der Waals surface area contributed by atoms with Gasteiger partial charge in [-0.3, -0.25) is 0 Å². The zero-order valence-corrected chi connectivity index (χ0v) is 5.29. The molecule has 52 valence electrons. The van der Waals surface area contributed by atoms with Crippen LogP contribution in [-0.2, 0) is 4.74 Å². The first-order chi connectivity index (χ1) is 4.20. The van der Waals surface area contributed by atoms with E-state index < -0.39 is 0 Å². The molecule has 0 aliphatic rings. The van der Waals surface area contributed by atoms with Crippen molar-refractivity contribution in [3.63, 3.8) is 0 Å². The lowest BCUT2D eigenvalue weighted by Gasteiger charge is -2.01. The zero-order valence-electron chi connectivity index (χ0n) is 5.29. The average molecular weight is 130 g/mol. The molecular formula is C5H10N2O2. The lowest BCUT2D eigenvalue weighted by Crippen LogP contribution is -2.04. The van der Waals surface area contributed by atoms with Gasteiger partial charge in [0.1, 0.15) is 12.4 Å². The van der Waals surface area contributed by atoms with E-state index in [1.807, 2.05) is 0 Å². The maximum absolute atomic E-state index is 8.36. The van der Waals surface area contributed by atoms with E-state index in [2.05, 4.69) is 11.7 Å². The van der Waals surface area contributed by atoms with Gasteiger partial charge >= 0.3 is 0 Å². The molecule has 0 aromatic heterocycles. The number of ether oxygens (including phenoxy) is 1. The molecule has 0 saturated heterocycles. The van der Waals surface area contributed by atoms with Crippen molar-refractivity contribution >= 4 is 5.90 Å². The Morgan fingerprint density at radius 3 is 2.78 bits per heavy atom. The molecule has 3 N–H and O–H groups in total. The van der Waals surface area contributed by atoms with E-state index in [4.69, 9.17) is 15.7 Å². The van der Waals surface area contributed by atoms with Gasteiger partial charge in [-0.1, -0.05) is 6.58 Å². The summed E-state index contributed by atoms with van der Waals surface area (Å²) in [5.74, 6) is 5.34. The monoisotopic (exact) mass is 130 g/mol.